The molecule has 3 aromatic carbocycles. The first kappa shape index (κ1) is 14.4. The van der Waals surface area contributed by atoms with Gasteiger partial charge < -0.3 is 8.92 Å². The predicted molar refractivity (Wildman–Crippen MR) is 84.8 cm³/mol. The molecule has 3 aromatic rings. The number of para-hydroxylation sites is 2. The van der Waals surface area contributed by atoms with Crippen molar-refractivity contribution in [1.29, 1.82) is 0 Å². The van der Waals surface area contributed by atoms with E-state index in [1.165, 1.54) is 13.2 Å². The Morgan fingerprint density at radius 3 is 2.14 bits per heavy atom. The Kier molecular flexibility index (Phi) is 3.73. The van der Waals surface area contributed by atoms with Gasteiger partial charge in [0.2, 0.25) is 0 Å². The Bertz CT molecular complexity index is 917. The summed E-state index contributed by atoms with van der Waals surface area (Å²) in [5, 5.41) is 1.81. The van der Waals surface area contributed by atoms with E-state index in [1.54, 1.807) is 36.4 Å². The maximum Gasteiger partial charge on any atom is 0.339 e. The number of methoxy groups -OCH3 is 1. The highest BCUT2D eigenvalue weighted by Crippen LogP contribution is 2.29. The maximum atomic E-state index is 12.4. The van der Waals surface area contributed by atoms with Crippen LogP contribution in [-0.2, 0) is 10.1 Å². The van der Waals surface area contributed by atoms with Gasteiger partial charge in [-0.15, -0.1) is 0 Å². The molecule has 112 valence electrons. The van der Waals surface area contributed by atoms with E-state index in [9.17, 15) is 8.42 Å². The van der Waals surface area contributed by atoms with Gasteiger partial charge >= 0.3 is 10.1 Å². The van der Waals surface area contributed by atoms with Gasteiger partial charge in [0.25, 0.3) is 0 Å². The van der Waals surface area contributed by atoms with Crippen LogP contribution in [0.25, 0.3) is 10.8 Å². The number of fused-ring (bicyclic) bond motifs is 1. The molecule has 0 radical (unpaired) electrons. The van der Waals surface area contributed by atoms with Crippen molar-refractivity contribution < 1.29 is 17.3 Å². The van der Waals surface area contributed by atoms with E-state index in [1.807, 2.05) is 24.3 Å². The van der Waals surface area contributed by atoms with E-state index >= 15 is 0 Å². The van der Waals surface area contributed by atoms with Gasteiger partial charge in [0.05, 0.1) is 7.11 Å². The minimum atomic E-state index is -3.92. The second-order valence-corrected chi connectivity index (χ2v) is 6.24. The molecule has 4 nitrogen and oxygen atoms in total. The Labute approximate surface area is 129 Å². The molecule has 0 fully saturated rings. The summed E-state index contributed by atoms with van der Waals surface area (Å²) in [4.78, 5) is 0.108. The van der Waals surface area contributed by atoms with Crippen LogP contribution in [0, 0.1) is 0 Å². The van der Waals surface area contributed by atoms with Gasteiger partial charge in [0, 0.05) is 0 Å². The zero-order valence-electron chi connectivity index (χ0n) is 11.9. The van der Waals surface area contributed by atoms with Crippen molar-refractivity contribution in [3.63, 3.8) is 0 Å². The molecule has 0 aliphatic heterocycles. The summed E-state index contributed by atoms with van der Waals surface area (Å²) >= 11 is 0. The molecule has 0 spiro atoms. The summed E-state index contributed by atoms with van der Waals surface area (Å²) in [7, 11) is -2.45. The van der Waals surface area contributed by atoms with Crippen molar-refractivity contribution >= 4 is 20.9 Å². The van der Waals surface area contributed by atoms with Gasteiger partial charge in [-0.1, -0.05) is 42.5 Å². The molecule has 0 aliphatic carbocycles. The molecular formula is C17H14O4S. The van der Waals surface area contributed by atoms with Gasteiger partial charge in [0.15, 0.2) is 11.5 Å². The zero-order chi connectivity index (χ0) is 15.6. The van der Waals surface area contributed by atoms with Gasteiger partial charge in [-0.3, -0.25) is 0 Å². The lowest BCUT2D eigenvalue weighted by molar-refractivity contribution is 0.390. The molecule has 0 aromatic heterocycles. The Morgan fingerprint density at radius 1 is 0.773 bits per heavy atom. The third kappa shape index (κ3) is 2.76. The predicted octanol–water partition coefficient (Wildman–Crippen LogP) is 3.62. The van der Waals surface area contributed by atoms with Crippen molar-refractivity contribution in [1.82, 2.24) is 0 Å². The zero-order valence-corrected chi connectivity index (χ0v) is 12.7. The van der Waals surface area contributed by atoms with Crippen LogP contribution in [0.5, 0.6) is 11.5 Å². The van der Waals surface area contributed by atoms with Crippen LogP contribution < -0.4 is 8.92 Å². The third-order valence-corrected chi connectivity index (χ3v) is 4.51. The first-order valence-electron chi connectivity index (χ1n) is 6.66. The largest absolute Gasteiger partial charge is 0.493 e. The summed E-state index contributed by atoms with van der Waals surface area (Å²) in [5.41, 5.74) is 0. The maximum absolute atomic E-state index is 12.4. The van der Waals surface area contributed by atoms with Crippen LogP contribution in [0.4, 0.5) is 0 Å². The van der Waals surface area contributed by atoms with Crippen LogP contribution in [-0.4, -0.2) is 15.5 Å². The molecular weight excluding hydrogens is 300 g/mol. The molecule has 0 unspecified atom stereocenters. The fraction of sp³-hybridized carbons (Fsp3) is 0.0588. The van der Waals surface area contributed by atoms with E-state index in [0.717, 1.165) is 10.8 Å². The van der Waals surface area contributed by atoms with Gasteiger partial charge in [-0.05, 0) is 35.0 Å². The lowest BCUT2D eigenvalue weighted by atomic mass is 10.1. The van der Waals surface area contributed by atoms with Crippen molar-refractivity contribution in [3.8, 4) is 11.5 Å². The molecule has 0 aliphatic rings. The molecule has 0 atom stereocenters. The van der Waals surface area contributed by atoms with Crippen LogP contribution in [0.1, 0.15) is 0 Å². The summed E-state index contributed by atoms with van der Waals surface area (Å²) in [6.45, 7) is 0. The second kappa shape index (κ2) is 5.69. The summed E-state index contributed by atoms with van der Waals surface area (Å²) in [6, 6.07) is 19.1. The highest BCUT2D eigenvalue weighted by molar-refractivity contribution is 7.87. The molecule has 5 heteroatoms. The smallest absolute Gasteiger partial charge is 0.339 e. The van der Waals surface area contributed by atoms with E-state index in [2.05, 4.69) is 0 Å². The monoisotopic (exact) mass is 314 g/mol. The average molecular weight is 314 g/mol. The average Bonchev–Trinajstić information content (AvgIpc) is 2.54. The minimum absolute atomic E-state index is 0.108. The number of ether oxygens (including phenoxy) is 1. The first-order valence-corrected chi connectivity index (χ1v) is 8.07. The van der Waals surface area contributed by atoms with E-state index in [-0.39, 0.29) is 10.6 Å². The van der Waals surface area contributed by atoms with Gasteiger partial charge in [-0.2, -0.15) is 8.42 Å². The molecule has 22 heavy (non-hydrogen) atoms. The SMILES string of the molecule is COc1ccccc1OS(=O)(=O)c1ccc2ccccc2c1. The fourth-order valence-electron chi connectivity index (χ4n) is 2.18. The molecule has 0 heterocycles. The lowest BCUT2D eigenvalue weighted by Crippen LogP contribution is -2.10. The van der Waals surface area contributed by atoms with E-state index in [0.29, 0.717) is 5.75 Å². The summed E-state index contributed by atoms with van der Waals surface area (Å²) in [5.74, 6) is 0.532. The van der Waals surface area contributed by atoms with Crippen molar-refractivity contribution in [3.05, 3.63) is 66.7 Å². The normalized spacial score (nSPS) is 11.3. The Balaban J connectivity index is 2.01. The fourth-order valence-corrected chi connectivity index (χ4v) is 3.15. The number of hydrogen-bond donors (Lipinski definition) is 0. The standard InChI is InChI=1S/C17H14O4S/c1-20-16-8-4-5-9-17(16)21-22(18,19)15-11-10-13-6-2-3-7-14(13)12-15/h2-12H,1H3. The quantitative estimate of drug-likeness (QED) is 0.690. The first-order chi connectivity index (χ1) is 10.6. The van der Waals surface area contributed by atoms with Crippen LogP contribution in [0.3, 0.4) is 0 Å². The summed E-state index contributed by atoms with van der Waals surface area (Å²) < 4.78 is 35.2. The third-order valence-electron chi connectivity index (χ3n) is 3.28. The van der Waals surface area contributed by atoms with Crippen molar-refractivity contribution in [2.45, 2.75) is 4.90 Å². The van der Waals surface area contributed by atoms with Gasteiger partial charge in [0.1, 0.15) is 4.90 Å². The van der Waals surface area contributed by atoms with Crippen LogP contribution >= 0.6 is 0 Å². The second-order valence-electron chi connectivity index (χ2n) is 4.70. The molecule has 0 saturated heterocycles. The van der Waals surface area contributed by atoms with Crippen LogP contribution in [0.15, 0.2) is 71.6 Å². The van der Waals surface area contributed by atoms with E-state index in [4.69, 9.17) is 8.92 Å². The molecule has 3 rings (SSSR count). The highest BCUT2D eigenvalue weighted by Gasteiger charge is 2.19. The van der Waals surface area contributed by atoms with Crippen LogP contribution in [0.2, 0.25) is 0 Å². The highest BCUT2D eigenvalue weighted by atomic mass is 32.2. The molecule has 0 saturated carbocycles. The summed E-state index contributed by atoms with van der Waals surface area (Å²) in [6.07, 6.45) is 0. The number of rotatable bonds is 4. The molecule has 0 amide bonds. The Morgan fingerprint density at radius 2 is 1.41 bits per heavy atom. The molecule has 0 bridgehead atoms. The van der Waals surface area contributed by atoms with Crippen molar-refractivity contribution in [2.24, 2.45) is 0 Å². The van der Waals surface area contributed by atoms with Gasteiger partial charge in [-0.25, -0.2) is 0 Å². The topological polar surface area (TPSA) is 52.6 Å². The number of benzene rings is 3. The van der Waals surface area contributed by atoms with E-state index < -0.39 is 10.1 Å². The number of hydrogen-bond acceptors (Lipinski definition) is 4. The minimum Gasteiger partial charge on any atom is -0.493 e. The lowest BCUT2D eigenvalue weighted by Gasteiger charge is -2.10. The Hall–Kier alpha value is -2.53. The molecule has 0 N–H and O–H groups in total. The van der Waals surface area contributed by atoms with Crippen molar-refractivity contribution in [2.75, 3.05) is 7.11 Å².